The molecule has 6 unspecified atom stereocenters. The van der Waals surface area contributed by atoms with Crippen molar-refractivity contribution in [3.8, 4) is 0 Å². The molecule has 9 rings (SSSR count). The third kappa shape index (κ3) is 8.54. The van der Waals surface area contributed by atoms with Crippen molar-refractivity contribution in [1.29, 1.82) is 0 Å². The first-order valence-electron chi connectivity index (χ1n) is 18.1. The molecule has 0 bridgehead atoms. The van der Waals surface area contributed by atoms with Crippen molar-refractivity contribution in [3.63, 3.8) is 0 Å². The number of hydrogen-bond donors (Lipinski definition) is 2. The van der Waals surface area contributed by atoms with E-state index in [0.717, 1.165) is 0 Å². The van der Waals surface area contributed by atoms with E-state index in [1.807, 2.05) is 0 Å². The Morgan fingerprint density at radius 3 is 0.808 bits per heavy atom. The summed E-state index contributed by atoms with van der Waals surface area (Å²) in [7, 11) is 0. The van der Waals surface area contributed by atoms with Gasteiger partial charge < -0.3 is 9.97 Å². The van der Waals surface area contributed by atoms with E-state index >= 15 is 0 Å². The van der Waals surface area contributed by atoms with Crippen LogP contribution in [0.5, 0.6) is 0 Å². The maximum absolute atomic E-state index is 3.67. The van der Waals surface area contributed by atoms with Crippen LogP contribution in [0, 0.1) is 0 Å². The SMILES string of the molecule is C1=CC(c2ccccc2)C(c2cc(C3C=CC=CC3c3ccccc3)cc(C3C=CC=CC3c3ccccc3)c2)C=C1.c1c[nH]cn1.c1c[nH]cn1. The number of aromatic amines is 2. The Balaban J connectivity index is 0.000000363. The average Bonchev–Trinajstić information content (AvgIpc) is 4.03. The fourth-order valence-electron chi connectivity index (χ4n) is 7.47. The van der Waals surface area contributed by atoms with E-state index < -0.39 is 0 Å². The lowest BCUT2D eigenvalue weighted by Gasteiger charge is -2.31. The van der Waals surface area contributed by atoms with E-state index in [2.05, 4.69) is 202 Å². The van der Waals surface area contributed by atoms with Crippen LogP contribution < -0.4 is 0 Å². The highest BCUT2D eigenvalue weighted by Crippen LogP contribution is 2.45. The van der Waals surface area contributed by atoms with Crippen molar-refractivity contribution in [2.24, 2.45) is 0 Å². The number of imidazole rings is 2. The summed E-state index contributed by atoms with van der Waals surface area (Å²) in [4.78, 5) is 12.8. The average molecular weight is 677 g/mol. The van der Waals surface area contributed by atoms with Crippen LogP contribution in [0.4, 0.5) is 0 Å². The lowest BCUT2D eigenvalue weighted by Crippen LogP contribution is -2.16. The zero-order valence-corrected chi connectivity index (χ0v) is 29.1. The van der Waals surface area contributed by atoms with Crippen molar-refractivity contribution in [2.75, 3.05) is 0 Å². The van der Waals surface area contributed by atoms with Gasteiger partial charge in [-0.2, -0.15) is 0 Å². The normalized spacial score (nSPS) is 22.5. The predicted molar refractivity (Wildman–Crippen MR) is 214 cm³/mol. The van der Waals surface area contributed by atoms with Crippen molar-refractivity contribution >= 4 is 0 Å². The molecule has 0 aliphatic heterocycles. The first kappa shape index (κ1) is 34.2. The number of nitrogens with zero attached hydrogens (tertiary/aromatic N) is 2. The van der Waals surface area contributed by atoms with Crippen molar-refractivity contribution in [3.05, 3.63) is 253 Å². The fraction of sp³-hybridized carbons (Fsp3) is 0.125. The highest BCUT2D eigenvalue weighted by Gasteiger charge is 2.29. The zero-order valence-electron chi connectivity index (χ0n) is 29.1. The lowest BCUT2D eigenvalue weighted by molar-refractivity contribution is 0.692. The standard InChI is InChI=1S/C42H36.2C3H4N2/c1-4-16-31(17-5-1)37-22-10-13-25-40(37)34-28-35(41-26-14-11-23-38(41)32-18-6-2-7-19-32)30-36(29-34)42-27-15-12-24-39(42)33-20-8-3-9-21-33;2*1-2-5-3-4-1/h1-30,37-42H;2*1-3H,(H,4,5). The van der Waals surface area contributed by atoms with Gasteiger partial charge >= 0.3 is 0 Å². The summed E-state index contributed by atoms with van der Waals surface area (Å²) in [6.45, 7) is 0. The smallest absolute Gasteiger partial charge is 0.0919 e. The first-order chi connectivity index (χ1) is 25.8. The van der Waals surface area contributed by atoms with E-state index in [-0.39, 0.29) is 17.8 Å². The van der Waals surface area contributed by atoms with Crippen LogP contribution in [-0.2, 0) is 0 Å². The molecular formula is C48H44N4. The lowest BCUT2D eigenvalue weighted by atomic mass is 9.72. The van der Waals surface area contributed by atoms with E-state index in [1.165, 1.54) is 33.4 Å². The summed E-state index contributed by atoms with van der Waals surface area (Å²) in [5.74, 6) is 1.72. The summed E-state index contributed by atoms with van der Waals surface area (Å²) < 4.78 is 0. The van der Waals surface area contributed by atoms with Crippen LogP contribution >= 0.6 is 0 Å². The summed E-state index contributed by atoms with van der Waals surface area (Å²) in [5, 5.41) is 0. The highest BCUT2D eigenvalue weighted by molar-refractivity contribution is 5.49. The van der Waals surface area contributed by atoms with Gasteiger partial charge in [-0.1, -0.05) is 182 Å². The Morgan fingerprint density at radius 1 is 0.327 bits per heavy atom. The van der Waals surface area contributed by atoms with Gasteiger partial charge in [0, 0.05) is 60.3 Å². The minimum absolute atomic E-state index is 0.271. The molecule has 6 aromatic rings. The van der Waals surface area contributed by atoms with Crippen LogP contribution in [0.25, 0.3) is 0 Å². The Morgan fingerprint density at radius 2 is 0.596 bits per heavy atom. The third-order valence-corrected chi connectivity index (χ3v) is 9.92. The van der Waals surface area contributed by atoms with Crippen molar-refractivity contribution in [2.45, 2.75) is 35.5 Å². The van der Waals surface area contributed by atoms with Gasteiger partial charge in [-0.05, 0) is 33.4 Å². The van der Waals surface area contributed by atoms with E-state index in [4.69, 9.17) is 0 Å². The molecule has 2 N–H and O–H groups in total. The number of H-pyrrole nitrogens is 2. The predicted octanol–water partition coefficient (Wildman–Crippen LogP) is 11.5. The topological polar surface area (TPSA) is 57.4 Å². The van der Waals surface area contributed by atoms with Crippen molar-refractivity contribution in [1.82, 2.24) is 19.9 Å². The van der Waals surface area contributed by atoms with Crippen molar-refractivity contribution < 1.29 is 0 Å². The molecule has 256 valence electrons. The Bertz CT molecular complexity index is 1830. The molecule has 4 heteroatoms. The first-order valence-corrected chi connectivity index (χ1v) is 18.1. The number of hydrogen-bond acceptors (Lipinski definition) is 2. The summed E-state index contributed by atoms with van der Waals surface area (Å²) in [5.41, 5.74) is 8.26. The summed E-state index contributed by atoms with van der Waals surface area (Å²) in [6.07, 6.45) is 37.8. The molecule has 0 amide bonds. The van der Waals surface area contributed by atoms with Gasteiger partial charge in [-0.25, -0.2) is 9.97 Å². The third-order valence-electron chi connectivity index (χ3n) is 9.92. The van der Waals surface area contributed by atoms with Crippen LogP contribution in [0.15, 0.2) is 220 Å². The van der Waals surface area contributed by atoms with E-state index in [0.29, 0.717) is 17.8 Å². The van der Waals surface area contributed by atoms with E-state index in [1.54, 1.807) is 37.4 Å². The molecule has 0 radical (unpaired) electrons. The number of rotatable bonds is 6. The molecule has 6 atom stereocenters. The summed E-state index contributed by atoms with van der Waals surface area (Å²) >= 11 is 0. The molecule has 2 aromatic heterocycles. The van der Waals surface area contributed by atoms with Crippen LogP contribution in [-0.4, -0.2) is 19.9 Å². The number of aromatic nitrogens is 4. The largest absolute Gasteiger partial charge is 0.351 e. The van der Waals surface area contributed by atoms with Crippen LogP contribution in [0.1, 0.15) is 68.9 Å². The second-order valence-corrected chi connectivity index (χ2v) is 13.2. The Hall–Kier alpha value is -6.26. The molecule has 3 aliphatic carbocycles. The molecule has 0 spiro atoms. The van der Waals surface area contributed by atoms with Gasteiger partial charge in [-0.15, -0.1) is 0 Å². The fourth-order valence-corrected chi connectivity index (χ4v) is 7.47. The summed E-state index contributed by atoms with van der Waals surface area (Å²) in [6, 6.07) is 40.4. The van der Waals surface area contributed by atoms with E-state index in [9.17, 15) is 0 Å². The Labute approximate surface area is 307 Å². The molecule has 52 heavy (non-hydrogen) atoms. The number of allylic oxidation sites excluding steroid dienone is 12. The molecule has 2 heterocycles. The second-order valence-electron chi connectivity index (χ2n) is 13.2. The molecule has 0 saturated carbocycles. The number of benzene rings is 4. The quantitative estimate of drug-likeness (QED) is 0.184. The zero-order chi connectivity index (χ0) is 35.2. The molecule has 4 aromatic carbocycles. The van der Waals surface area contributed by atoms with Crippen LogP contribution in [0.3, 0.4) is 0 Å². The molecular weight excluding hydrogens is 633 g/mol. The maximum atomic E-state index is 3.67. The van der Waals surface area contributed by atoms with Gasteiger partial charge in [0.15, 0.2) is 0 Å². The van der Waals surface area contributed by atoms with Crippen LogP contribution in [0.2, 0.25) is 0 Å². The molecule has 0 fully saturated rings. The van der Waals surface area contributed by atoms with Gasteiger partial charge in [-0.3, -0.25) is 0 Å². The van der Waals surface area contributed by atoms with Gasteiger partial charge in [0.25, 0.3) is 0 Å². The maximum Gasteiger partial charge on any atom is 0.0919 e. The monoisotopic (exact) mass is 676 g/mol. The minimum atomic E-state index is 0.271. The molecule has 4 nitrogen and oxygen atoms in total. The minimum Gasteiger partial charge on any atom is -0.351 e. The Kier molecular flexibility index (Phi) is 11.6. The second kappa shape index (κ2) is 17.6. The van der Waals surface area contributed by atoms with Gasteiger partial charge in [0.1, 0.15) is 0 Å². The van der Waals surface area contributed by atoms with Gasteiger partial charge in [0.05, 0.1) is 12.7 Å². The highest BCUT2D eigenvalue weighted by atomic mass is 14.8. The molecule has 0 saturated heterocycles. The molecule has 3 aliphatic rings. The van der Waals surface area contributed by atoms with Gasteiger partial charge in [0.2, 0.25) is 0 Å². The number of nitrogens with one attached hydrogen (secondary N) is 2.